The van der Waals surface area contributed by atoms with E-state index in [1.54, 1.807) is 24.3 Å². The lowest BCUT2D eigenvalue weighted by molar-refractivity contribution is 0.163. The van der Waals surface area contributed by atoms with Crippen LogP contribution in [0.2, 0.25) is 0 Å². The van der Waals surface area contributed by atoms with Crippen LogP contribution in [0.4, 0.5) is 5.69 Å². The first-order valence-electron chi connectivity index (χ1n) is 6.39. The van der Waals surface area contributed by atoms with Gasteiger partial charge in [0.2, 0.25) is 10.0 Å². The molecule has 0 unspecified atom stereocenters. The van der Waals surface area contributed by atoms with E-state index < -0.39 is 10.0 Å². The van der Waals surface area contributed by atoms with Gasteiger partial charge in [0.15, 0.2) is 0 Å². The standard InChI is InChI=1S/C13H20N2O3S2/c1-2-18-10-11-20(16,17)15(9-8-13(14)19)12-6-4-3-5-7-12/h3-7H,2,8-11H2,1H3,(H2,14,19). The van der Waals surface area contributed by atoms with E-state index in [1.807, 2.05) is 13.0 Å². The molecule has 1 aromatic carbocycles. The van der Waals surface area contributed by atoms with Gasteiger partial charge in [0.1, 0.15) is 0 Å². The number of hydrogen-bond donors (Lipinski definition) is 1. The maximum Gasteiger partial charge on any atom is 0.237 e. The molecule has 20 heavy (non-hydrogen) atoms. The van der Waals surface area contributed by atoms with E-state index in [9.17, 15) is 8.42 Å². The fraction of sp³-hybridized carbons (Fsp3) is 0.462. The molecule has 0 heterocycles. The maximum absolute atomic E-state index is 12.4. The molecule has 0 atom stereocenters. The van der Waals surface area contributed by atoms with Crippen molar-refractivity contribution < 1.29 is 13.2 Å². The summed E-state index contributed by atoms with van der Waals surface area (Å²) in [5, 5.41) is 0. The van der Waals surface area contributed by atoms with Gasteiger partial charge in [-0.25, -0.2) is 8.42 Å². The third-order valence-electron chi connectivity index (χ3n) is 2.63. The molecule has 0 aliphatic heterocycles. The highest BCUT2D eigenvalue weighted by Gasteiger charge is 2.22. The lowest BCUT2D eigenvalue weighted by atomic mass is 10.3. The molecule has 0 bridgehead atoms. The number of anilines is 1. The van der Waals surface area contributed by atoms with Crippen LogP contribution < -0.4 is 10.0 Å². The van der Waals surface area contributed by atoms with Crippen molar-refractivity contribution in [2.75, 3.05) is 29.8 Å². The van der Waals surface area contributed by atoms with E-state index in [0.717, 1.165) is 0 Å². The third kappa shape index (κ3) is 5.44. The number of nitrogens with two attached hydrogens (primary N) is 1. The largest absolute Gasteiger partial charge is 0.393 e. The van der Waals surface area contributed by atoms with Crippen LogP contribution in [0.15, 0.2) is 30.3 Å². The predicted octanol–water partition coefficient (Wildman–Crippen LogP) is 1.54. The summed E-state index contributed by atoms with van der Waals surface area (Å²) in [7, 11) is -3.45. The fourth-order valence-corrected chi connectivity index (χ4v) is 3.11. The second-order valence-corrected chi connectivity index (χ2v) is 6.67. The predicted molar refractivity (Wildman–Crippen MR) is 85.5 cm³/mol. The quantitative estimate of drug-likeness (QED) is 0.552. The van der Waals surface area contributed by atoms with Crippen molar-refractivity contribution in [2.24, 2.45) is 5.73 Å². The van der Waals surface area contributed by atoms with Gasteiger partial charge in [0.25, 0.3) is 0 Å². The van der Waals surface area contributed by atoms with Crippen molar-refractivity contribution in [2.45, 2.75) is 13.3 Å². The number of sulfonamides is 1. The zero-order chi connectivity index (χ0) is 15.0. The Hall–Kier alpha value is -1.18. The summed E-state index contributed by atoms with van der Waals surface area (Å²) < 4.78 is 31.2. The number of hydrogen-bond acceptors (Lipinski definition) is 4. The molecule has 0 saturated heterocycles. The van der Waals surface area contributed by atoms with E-state index in [0.29, 0.717) is 23.7 Å². The van der Waals surface area contributed by atoms with Crippen molar-refractivity contribution in [1.82, 2.24) is 0 Å². The molecule has 0 aliphatic rings. The third-order valence-corrected chi connectivity index (χ3v) is 4.58. The molecule has 0 radical (unpaired) electrons. The molecule has 0 fully saturated rings. The number of ether oxygens (including phenoxy) is 1. The Kier molecular flexibility index (Phi) is 6.90. The van der Waals surface area contributed by atoms with Gasteiger partial charge in [-0.1, -0.05) is 30.4 Å². The van der Waals surface area contributed by atoms with Gasteiger partial charge in [-0.2, -0.15) is 0 Å². The lowest BCUT2D eigenvalue weighted by Crippen LogP contribution is -2.36. The molecule has 112 valence electrons. The highest BCUT2D eigenvalue weighted by Crippen LogP contribution is 2.18. The molecule has 0 aliphatic carbocycles. The van der Waals surface area contributed by atoms with Crippen molar-refractivity contribution in [1.29, 1.82) is 0 Å². The average molecular weight is 316 g/mol. The summed E-state index contributed by atoms with van der Waals surface area (Å²) in [5.41, 5.74) is 6.08. The zero-order valence-electron chi connectivity index (χ0n) is 11.5. The Morgan fingerprint density at radius 1 is 1.35 bits per heavy atom. The van der Waals surface area contributed by atoms with Crippen molar-refractivity contribution in [3.05, 3.63) is 30.3 Å². The smallest absolute Gasteiger partial charge is 0.237 e. The highest BCUT2D eigenvalue weighted by molar-refractivity contribution is 7.92. The molecule has 2 N–H and O–H groups in total. The summed E-state index contributed by atoms with van der Waals surface area (Å²) in [6.07, 6.45) is 0.345. The molecule has 1 aromatic rings. The number of benzene rings is 1. The summed E-state index contributed by atoms with van der Waals surface area (Å²) in [6, 6.07) is 8.92. The first kappa shape index (κ1) is 16.9. The minimum atomic E-state index is -3.45. The van der Waals surface area contributed by atoms with Gasteiger partial charge in [0, 0.05) is 19.6 Å². The number of para-hydroxylation sites is 1. The molecule has 7 heteroatoms. The number of rotatable bonds is 9. The van der Waals surface area contributed by atoms with Gasteiger partial charge in [-0.05, 0) is 19.1 Å². The Bertz CT molecular complexity index is 518. The monoisotopic (exact) mass is 316 g/mol. The Balaban J connectivity index is 2.89. The number of thiocarbonyl (C=S) groups is 1. The van der Waals surface area contributed by atoms with E-state index in [1.165, 1.54) is 4.31 Å². The van der Waals surface area contributed by atoms with E-state index >= 15 is 0 Å². The van der Waals surface area contributed by atoms with E-state index in [4.69, 9.17) is 22.7 Å². The molecular formula is C13H20N2O3S2. The van der Waals surface area contributed by atoms with Crippen molar-refractivity contribution in [3.63, 3.8) is 0 Å². The summed E-state index contributed by atoms with van der Waals surface area (Å²) >= 11 is 4.82. The van der Waals surface area contributed by atoms with Crippen LogP contribution in [0.3, 0.4) is 0 Å². The van der Waals surface area contributed by atoms with Crippen LogP contribution in [0.25, 0.3) is 0 Å². The summed E-state index contributed by atoms with van der Waals surface area (Å²) in [5.74, 6) is -0.0624. The number of nitrogens with zero attached hydrogens (tertiary/aromatic N) is 1. The molecule has 0 saturated carbocycles. The summed E-state index contributed by atoms with van der Waals surface area (Å²) in [4.78, 5) is 0.297. The van der Waals surface area contributed by atoms with Gasteiger partial charge < -0.3 is 10.5 Å². The summed E-state index contributed by atoms with van der Waals surface area (Å²) in [6.45, 7) is 2.74. The normalized spacial score (nSPS) is 11.2. The van der Waals surface area contributed by atoms with Crippen LogP contribution in [-0.4, -0.2) is 38.9 Å². The molecule has 0 aromatic heterocycles. The van der Waals surface area contributed by atoms with Crippen LogP contribution in [-0.2, 0) is 14.8 Å². The van der Waals surface area contributed by atoms with Gasteiger partial charge in [0.05, 0.1) is 23.0 Å². The first-order valence-corrected chi connectivity index (χ1v) is 8.40. The minimum Gasteiger partial charge on any atom is -0.393 e. The van der Waals surface area contributed by atoms with Crippen molar-refractivity contribution >= 4 is 32.9 Å². The SMILES string of the molecule is CCOCCS(=O)(=O)N(CCC(N)=S)c1ccccc1. The maximum atomic E-state index is 12.4. The topological polar surface area (TPSA) is 72.6 Å². The molecule has 0 amide bonds. The van der Waals surface area contributed by atoms with Crippen LogP contribution in [0.1, 0.15) is 13.3 Å². The fourth-order valence-electron chi connectivity index (χ4n) is 1.65. The highest BCUT2D eigenvalue weighted by atomic mass is 32.2. The average Bonchev–Trinajstić information content (AvgIpc) is 2.39. The Morgan fingerprint density at radius 3 is 2.55 bits per heavy atom. The van der Waals surface area contributed by atoms with Crippen LogP contribution in [0, 0.1) is 0 Å². The van der Waals surface area contributed by atoms with E-state index in [-0.39, 0.29) is 18.9 Å². The van der Waals surface area contributed by atoms with Crippen molar-refractivity contribution in [3.8, 4) is 0 Å². The Morgan fingerprint density at radius 2 is 2.00 bits per heavy atom. The second-order valence-electron chi connectivity index (χ2n) is 4.14. The molecular weight excluding hydrogens is 296 g/mol. The van der Waals surface area contributed by atoms with Gasteiger partial charge >= 0.3 is 0 Å². The molecule has 0 spiro atoms. The minimum absolute atomic E-state index is 0.0624. The first-order chi connectivity index (χ1) is 9.47. The van der Waals surface area contributed by atoms with Gasteiger partial charge in [-0.3, -0.25) is 4.31 Å². The molecule has 5 nitrogen and oxygen atoms in total. The lowest BCUT2D eigenvalue weighted by Gasteiger charge is -2.24. The van der Waals surface area contributed by atoms with Gasteiger partial charge in [-0.15, -0.1) is 0 Å². The Labute approximate surface area is 125 Å². The van der Waals surface area contributed by atoms with Crippen LogP contribution >= 0.6 is 12.2 Å². The van der Waals surface area contributed by atoms with E-state index in [2.05, 4.69) is 0 Å². The van der Waals surface area contributed by atoms with Crippen LogP contribution in [0.5, 0.6) is 0 Å². The molecule has 1 rings (SSSR count). The second kappa shape index (κ2) is 8.18. The zero-order valence-corrected chi connectivity index (χ0v) is 13.1.